The molecule has 0 saturated carbocycles. The fourth-order valence-electron chi connectivity index (χ4n) is 1.80. The van der Waals surface area contributed by atoms with Gasteiger partial charge in [-0.1, -0.05) is 18.2 Å². The standard InChI is InChI=1S/C14H20N2O3/c1-15-8-5-9-16(2)13(17)10-11-6-3-4-7-12(11)14(18)19/h3-4,6-7,15H,5,8-10H2,1-2H3,(H,18,19). The van der Waals surface area contributed by atoms with Gasteiger partial charge in [-0.15, -0.1) is 0 Å². The second kappa shape index (κ2) is 7.53. The van der Waals surface area contributed by atoms with Crippen molar-refractivity contribution >= 4 is 11.9 Å². The number of hydrogen-bond acceptors (Lipinski definition) is 3. The molecule has 0 heterocycles. The SMILES string of the molecule is CNCCCN(C)C(=O)Cc1ccccc1C(=O)O. The van der Waals surface area contributed by atoms with Gasteiger partial charge in [0.15, 0.2) is 0 Å². The number of nitrogens with zero attached hydrogens (tertiary/aromatic N) is 1. The van der Waals surface area contributed by atoms with Gasteiger partial charge in [-0.2, -0.15) is 0 Å². The van der Waals surface area contributed by atoms with E-state index in [0.717, 1.165) is 13.0 Å². The van der Waals surface area contributed by atoms with E-state index >= 15 is 0 Å². The second-order valence-electron chi connectivity index (χ2n) is 4.41. The third-order valence-electron chi connectivity index (χ3n) is 2.94. The van der Waals surface area contributed by atoms with E-state index < -0.39 is 5.97 Å². The Hall–Kier alpha value is -1.88. The van der Waals surface area contributed by atoms with Crippen LogP contribution >= 0.6 is 0 Å². The average Bonchev–Trinajstić information content (AvgIpc) is 2.39. The molecule has 104 valence electrons. The first-order valence-corrected chi connectivity index (χ1v) is 6.26. The minimum absolute atomic E-state index is 0.0650. The molecule has 5 nitrogen and oxygen atoms in total. The van der Waals surface area contributed by atoms with Crippen molar-refractivity contribution < 1.29 is 14.7 Å². The fourth-order valence-corrected chi connectivity index (χ4v) is 1.80. The summed E-state index contributed by atoms with van der Waals surface area (Å²) >= 11 is 0. The molecule has 1 rings (SSSR count). The van der Waals surface area contributed by atoms with Gasteiger partial charge in [0.25, 0.3) is 0 Å². The monoisotopic (exact) mass is 264 g/mol. The molecule has 0 fully saturated rings. The lowest BCUT2D eigenvalue weighted by Crippen LogP contribution is -2.31. The van der Waals surface area contributed by atoms with Crippen LogP contribution < -0.4 is 5.32 Å². The molecule has 0 aliphatic carbocycles. The summed E-state index contributed by atoms with van der Waals surface area (Å²) in [5, 5.41) is 12.1. The zero-order chi connectivity index (χ0) is 14.3. The summed E-state index contributed by atoms with van der Waals surface area (Å²) in [6, 6.07) is 6.61. The molecule has 1 aromatic carbocycles. The highest BCUT2D eigenvalue weighted by atomic mass is 16.4. The van der Waals surface area contributed by atoms with Crippen LogP contribution in [0, 0.1) is 0 Å². The van der Waals surface area contributed by atoms with Gasteiger partial charge in [0.05, 0.1) is 12.0 Å². The van der Waals surface area contributed by atoms with Crippen molar-refractivity contribution in [3.63, 3.8) is 0 Å². The summed E-state index contributed by atoms with van der Waals surface area (Å²) in [5.41, 5.74) is 0.750. The highest BCUT2D eigenvalue weighted by molar-refractivity contribution is 5.91. The van der Waals surface area contributed by atoms with Gasteiger partial charge < -0.3 is 15.3 Å². The molecule has 0 unspecified atom stereocenters. The molecule has 0 atom stereocenters. The molecule has 0 saturated heterocycles. The lowest BCUT2D eigenvalue weighted by molar-refractivity contribution is -0.129. The van der Waals surface area contributed by atoms with Crippen molar-refractivity contribution in [1.29, 1.82) is 0 Å². The van der Waals surface area contributed by atoms with Gasteiger partial charge in [0, 0.05) is 13.6 Å². The molecule has 0 spiro atoms. The number of carbonyl (C=O) groups is 2. The third kappa shape index (κ3) is 4.71. The highest BCUT2D eigenvalue weighted by Crippen LogP contribution is 2.10. The van der Waals surface area contributed by atoms with E-state index in [4.69, 9.17) is 5.11 Å². The summed E-state index contributed by atoms with van der Waals surface area (Å²) in [4.78, 5) is 24.7. The molecule has 19 heavy (non-hydrogen) atoms. The number of aromatic carboxylic acids is 1. The van der Waals surface area contributed by atoms with Gasteiger partial charge in [0.1, 0.15) is 0 Å². The molecule has 1 aromatic rings. The van der Waals surface area contributed by atoms with E-state index in [1.807, 2.05) is 7.05 Å². The molecular weight excluding hydrogens is 244 g/mol. The van der Waals surface area contributed by atoms with Crippen LogP contribution in [0.3, 0.4) is 0 Å². The van der Waals surface area contributed by atoms with Crippen molar-refractivity contribution in [1.82, 2.24) is 10.2 Å². The van der Waals surface area contributed by atoms with Crippen LogP contribution in [-0.4, -0.2) is 49.1 Å². The van der Waals surface area contributed by atoms with Gasteiger partial charge in [0.2, 0.25) is 5.91 Å². The molecule has 0 bridgehead atoms. The first-order chi connectivity index (χ1) is 9.06. The Bertz CT molecular complexity index is 446. The molecule has 0 aliphatic heterocycles. The molecular formula is C14H20N2O3. The average molecular weight is 264 g/mol. The number of carboxylic acids is 1. The summed E-state index contributed by atoms with van der Waals surface area (Å²) in [6.07, 6.45) is 0.998. The zero-order valence-corrected chi connectivity index (χ0v) is 11.3. The molecule has 0 aromatic heterocycles. The summed E-state index contributed by atoms with van der Waals surface area (Å²) < 4.78 is 0. The highest BCUT2D eigenvalue weighted by Gasteiger charge is 2.14. The maximum Gasteiger partial charge on any atom is 0.335 e. The lowest BCUT2D eigenvalue weighted by Gasteiger charge is -2.17. The maximum atomic E-state index is 12.0. The molecule has 0 aliphatic rings. The van der Waals surface area contributed by atoms with Crippen molar-refractivity contribution in [2.75, 3.05) is 27.2 Å². The first kappa shape index (κ1) is 15.2. The number of rotatable bonds is 7. The van der Waals surface area contributed by atoms with Gasteiger partial charge in [-0.3, -0.25) is 4.79 Å². The summed E-state index contributed by atoms with van der Waals surface area (Å²) in [5.74, 6) is -1.06. The quantitative estimate of drug-likeness (QED) is 0.721. The van der Waals surface area contributed by atoms with Crippen LogP contribution in [0.1, 0.15) is 22.3 Å². The smallest absolute Gasteiger partial charge is 0.335 e. The van der Waals surface area contributed by atoms with E-state index in [1.165, 1.54) is 6.07 Å². The Morgan fingerprint density at radius 1 is 1.32 bits per heavy atom. The largest absolute Gasteiger partial charge is 0.478 e. The molecule has 2 N–H and O–H groups in total. The Morgan fingerprint density at radius 2 is 2.00 bits per heavy atom. The topological polar surface area (TPSA) is 69.6 Å². The van der Waals surface area contributed by atoms with E-state index in [9.17, 15) is 9.59 Å². The fraction of sp³-hybridized carbons (Fsp3) is 0.429. The number of amides is 1. The number of carbonyl (C=O) groups excluding carboxylic acids is 1. The van der Waals surface area contributed by atoms with Crippen LogP contribution in [0.4, 0.5) is 0 Å². The van der Waals surface area contributed by atoms with E-state index in [-0.39, 0.29) is 17.9 Å². The van der Waals surface area contributed by atoms with Crippen LogP contribution in [0.15, 0.2) is 24.3 Å². The van der Waals surface area contributed by atoms with E-state index in [2.05, 4.69) is 5.32 Å². The maximum absolute atomic E-state index is 12.0. The van der Waals surface area contributed by atoms with E-state index in [0.29, 0.717) is 12.1 Å². The number of carboxylic acid groups (broad SMARTS) is 1. The second-order valence-corrected chi connectivity index (χ2v) is 4.41. The van der Waals surface area contributed by atoms with Gasteiger partial charge in [-0.25, -0.2) is 4.79 Å². The van der Waals surface area contributed by atoms with E-state index in [1.54, 1.807) is 30.1 Å². The Kier molecular flexibility index (Phi) is 6.02. The van der Waals surface area contributed by atoms with Crippen molar-refractivity contribution in [3.8, 4) is 0 Å². The minimum Gasteiger partial charge on any atom is -0.478 e. The molecule has 0 radical (unpaired) electrons. The number of likely N-dealkylation sites (N-methyl/N-ethyl adjacent to an activating group) is 1. The number of nitrogens with one attached hydrogen (secondary N) is 1. The summed E-state index contributed by atoms with van der Waals surface area (Å²) in [6.45, 7) is 1.51. The lowest BCUT2D eigenvalue weighted by atomic mass is 10.0. The minimum atomic E-state index is -0.999. The van der Waals surface area contributed by atoms with Crippen LogP contribution in [0.2, 0.25) is 0 Å². The van der Waals surface area contributed by atoms with Crippen molar-refractivity contribution in [2.45, 2.75) is 12.8 Å². The van der Waals surface area contributed by atoms with Crippen molar-refractivity contribution in [2.24, 2.45) is 0 Å². The summed E-state index contributed by atoms with van der Waals surface area (Å²) in [7, 11) is 3.60. The Labute approximate surface area is 113 Å². The molecule has 5 heteroatoms. The normalized spacial score (nSPS) is 10.2. The van der Waals surface area contributed by atoms with Crippen LogP contribution in [0.25, 0.3) is 0 Å². The Balaban J connectivity index is 2.64. The van der Waals surface area contributed by atoms with Crippen LogP contribution in [-0.2, 0) is 11.2 Å². The number of hydrogen-bond donors (Lipinski definition) is 2. The van der Waals surface area contributed by atoms with Gasteiger partial charge in [-0.05, 0) is 31.6 Å². The predicted molar refractivity (Wildman–Crippen MR) is 73.3 cm³/mol. The molecule has 1 amide bonds. The zero-order valence-electron chi connectivity index (χ0n) is 11.3. The predicted octanol–water partition coefficient (Wildman–Crippen LogP) is 0.995. The Morgan fingerprint density at radius 3 is 2.63 bits per heavy atom. The van der Waals surface area contributed by atoms with Crippen molar-refractivity contribution in [3.05, 3.63) is 35.4 Å². The van der Waals surface area contributed by atoms with Crippen LogP contribution in [0.5, 0.6) is 0 Å². The number of benzene rings is 1. The van der Waals surface area contributed by atoms with Gasteiger partial charge >= 0.3 is 5.97 Å². The third-order valence-corrected chi connectivity index (χ3v) is 2.94. The first-order valence-electron chi connectivity index (χ1n) is 6.26.